The van der Waals surface area contributed by atoms with Gasteiger partial charge in [0.1, 0.15) is 31.0 Å². The quantitative estimate of drug-likeness (QED) is 0.148. The summed E-state index contributed by atoms with van der Waals surface area (Å²) >= 11 is 0. The fourth-order valence-corrected chi connectivity index (χ4v) is 6.33. The molecule has 4 atom stereocenters. The fraction of sp³-hybridized carbons (Fsp3) is 0.465. The molecule has 4 amide bonds. The Labute approximate surface area is 319 Å². The summed E-state index contributed by atoms with van der Waals surface area (Å²) in [5, 5.41) is 11.1. The molecule has 0 saturated heterocycles. The highest BCUT2D eigenvalue weighted by Crippen LogP contribution is 2.44. The smallest absolute Gasteiger partial charge is 0.407 e. The van der Waals surface area contributed by atoms with Crippen LogP contribution in [0.5, 0.6) is 0 Å². The highest BCUT2D eigenvalue weighted by molar-refractivity contribution is 5.94. The van der Waals surface area contributed by atoms with Crippen LogP contribution in [-0.2, 0) is 35.1 Å². The number of fused-ring (bicyclic) bond motifs is 3. The molecule has 1 aliphatic rings. The van der Waals surface area contributed by atoms with Gasteiger partial charge in [-0.2, -0.15) is 0 Å². The molecule has 0 spiro atoms. The molecule has 3 aromatic rings. The number of nitrogens with one attached hydrogen (secondary N) is 4. The highest BCUT2D eigenvalue weighted by Gasteiger charge is 2.35. The van der Waals surface area contributed by atoms with Gasteiger partial charge in [0, 0.05) is 12.3 Å². The van der Waals surface area contributed by atoms with E-state index in [0.29, 0.717) is 6.29 Å². The number of aldehydes is 1. The number of benzene rings is 3. The number of hydrogen-bond acceptors (Lipinski definition) is 7. The summed E-state index contributed by atoms with van der Waals surface area (Å²) in [6, 6.07) is 19.4. The van der Waals surface area contributed by atoms with E-state index in [1.165, 1.54) is 0 Å². The van der Waals surface area contributed by atoms with E-state index in [2.05, 4.69) is 21.3 Å². The van der Waals surface area contributed by atoms with E-state index in [4.69, 9.17) is 9.47 Å². The maximum atomic E-state index is 14.0. The maximum absolute atomic E-state index is 14.0. The van der Waals surface area contributed by atoms with E-state index >= 15 is 0 Å². The van der Waals surface area contributed by atoms with Gasteiger partial charge in [0.2, 0.25) is 17.7 Å². The van der Waals surface area contributed by atoms with Crippen molar-refractivity contribution >= 4 is 30.1 Å². The van der Waals surface area contributed by atoms with Crippen LogP contribution in [0.1, 0.15) is 83.6 Å². The Morgan fingerprint density at radius 2 is 1.28 bits per heavy atom. The molecule has 4 rings (SSSR count). The standard InChI is InChI=1S/C43H56N4O7/c1-26(2)37(40(51)44-34(22-28-17-11-10-16-27(28)3)38(49)46-36(23-48)42(4,5)6)47-39(50)35(25-54-43(7,8)9)45-41(52)53-24-33-31-20-14-12-18-29(31)30-19-13-15-21-32(30)33/h10-21,23,26,33-37H,22,24-25H2,1-9H3,(H,44,51)(H,45,52)(H,46,49)(H,47,50)/t34-,35-,36+,37+/m0/s1. The number of aryl methyl sites for hydroxylation is 1. The molecule has 0 bridgehead atoms. The highest BCUT2D eigenvalue weighted by atomic mass is 16.5. The van der Waals surface area contributed by atoms with Gasteiger partial charge in [-0.15, -0.1) is 0 Å². The molecule has 11 heteroatoms. The fourth-order valence-electron chi connectivity index (χ4n) is 6.33. The Hall–Kier alpha value is -5.03. The third kappa shape index (κ3) is 11.0. The van der Waals surface area contributed by atoms with Crippen LogP contribution < -0.4 is 21.3 Å². The predicted octanol–water partition coefficient (Wildman–Crippen LogP) is 5.62. The SMILES string of the molecule is Cc1ccccc1C[C@H](NC(=O)[C@H](NC(=O)[C@H](COC(C)(C)C)NC(=O)OCC1c2ccccc2-c2ccccc21)C(C)C)C(=O)N[C@H](C=O)C(C)(C)C. The van der Waals surface area contributed by atoms with Gasteiger partial charge in [-0.25, -0.2) is 4.79 Å². The van der Waals surface area contributed by atoms with E-state index in [1.54, 1.807) is 13.8 Å². The van der Waals surface area contributed by atoms with Gasteiger partial charge in [-0.3, -0.25) is 14.4 Å². The van der Waals surface area contributed by atoms with E-state index in [1.807, 2.05) is 121 Å². The lowest BCUT2D eigenvalue weighted by atomic mass is 9.87. The van der Waals surface area contributed by atoms with Crippen LogP contribution in [0.3, 0.4) is 0 Å². The Morgan fingerprint density at radius 3 is 1.81 bits per heavy atom. The van der Waals surface area contributed by atoms with E-state index in [9.17, 15) is 24.0 Å². The summed E-state index contributed by atoms with van der Waals surface area (Å²) in [7, 11) is 0. The van der Waals surface area contributed by atoms with Gasteiger partial charge in [0.15, 0.2) is 0 Å². The van der Waals surface area contributed by atoms with Crippen molar-refractivity contribution in [1.29, 1.82) is 0 Å². The number of rotatable bonds is 15. The van der Waals surface area contributed by atoms with Crippen LogP contribution in [0.25, 0.3) is 11.1 Å². The zero-order valence-corrected chi connectivity index (χ0v) is 32.9. The summed E-state index contributed by atoms with van der Waals surface area (Å²) in [5.74, 6) is -2.37. The normalized spacial score (nSPS) is 14.9. The minimum Gasteiger partial charge on any atom is -0.449 e. The molecule has 290 valence electrons. The molecule has 4 N–H and O–H groups in total. The Bertz CT molecular complexity index is 1760. The second kappa shape index (κ2) is 17.9. The molecule has 0 aromatic heterocycles. The average molecular weight is 741 g/mol. The Kier molecular flexibility index (Phi) is 13.8. The lowest BCUT2D eigenvalue weighted by Gasteiger charge is -2.31. The van der Waals surface area contributed by atoms with Crippen molar-refractivity contribution in [1.82, 2.24) is 21.3 Å². The van der Waals surface area contributed by atoms with Crippen molar-refractivity contribution in [3.63, 3.8) is 0 Å². The van der Waals surface area contributed by atoms with Gasteiger partial charge in [-0.05, 0) is 72.4 Å². The predicted molar refractivity (Wildman–Crippen MR) is 209 cm³/mol. The molecule has 0 unspecified atom stereocenters. The summed E-state index contributed by atoms with van der Waals surface area (Å²) in [5.41, 5.74) is 4.86. The van der Waals surface area contributed by atoms with Crippen molar-refractivity contribution in [2.24, 2.45) is 11.3 Å². The zero-order chi connectivity index (χ0) is 39.8. The van der Waals surface area contributed by atoms with Gasteiger partial charge in [0.05, 0.1) is 18.2 Å². The molecule has 0 fully saturated rings. The number of carbonyl (C=O) groups is 5. The molecule has 0 heterocycles. The minimum atomic E-state index is -1.21. The number of ether oxygens (including phenoxy) is 2. The summed E-state index contributed by atoms with van der Waals surface area (Å²) in [6.45, 7) is 16.3. The number of alkyl carbamates (subject to hydrolysis) is 1. The molecule has 0 radical (unpaired) electrons. The van der Waals surface area contributed by atoms with Crippen LogP contribution in [0.4, 0.5) is 4.79 Å². The van der Waals surface area contributed by atoms with Gasteiger partial charge in [0.25, 0.3) is 0 Å². The summed E-state index contributed by atoms with van der Waals surface area (Å²) in [4.78, 5) is 66.8. The van der Waals surface area contributed by atoms with Crippen LogP contribution in [0, 0.1) is 18.3 Å². The van der Waals surface area contributed by atoms with Crippen molar-refractivity contribution in [3.05, 3.63) is 95.1 Å². The Balaban J connectivity index is 1.50. The molecule has 11 nitrogen and oxygen atoms in total. The lowest BCUT2D eigenvalue weighted by molar-refractivity contribution is -0.135. The molecule has 0 aliphatic heterocycles. The average Bonchev–Trinajstić information content (AvgIpc) is 3.43. The second-order valence-corrected chi connectivity index (χ2v) is 16.4. The first kappa shape index (κ1) is 41.7. The first-order chi connectivity index (χ1) is 25.4. The Morgan fingerprint density at radius 1 is 0.722 bits per heavy atom. The number of hydrogen-bond donors (Lipinski definition) is 4. The van der Waals surface area contributed by atoms with E-state index < -0.39 is 64.9 Å². The monoisotopic (exact) mass is 740 g/mol. The second-order valence-electron chi connectivity index (χ2n) is 16.4. The third-order valence-electron chi connectivity index (χ3n) is 9.57. The van der Waals surface area contributed by atoms with Gasteiger partial charge in [-0.1, -0.05) is 107 Å². The topological polar surface area (TPSA) is 152 Å². The summed E-state index contributed by atoms with van der Waals surface area (Å²) in [6.07, 6.45) is 0.0356. The van der Waals surface area contributed by atoms with Gasteiger partial charge < -0.3 is 35.5 Å². The van der Waals surface area contributed by atoms with Gasteiger partial charge >= 0.3 is 6.09 Å². The minimum absolute atomic E-state index is 0.0515. The molecule has 3 aromatic carbocycles. The molecular weight excluding hydrogens is 684 g/mol. The van der Waals surface area contributed by atoms with Crippen molar-refractivity contribution < 1.29 is 33.4 Å². The number of amides is 4. The first-order valence-corrected chi connectivity index (χ1v) is 18.6. The molecule has 1 aliphatic carbocycles. The lowest BCUT2D eigenvalue weighted by Crippen LogP contribution is -2.60. The third-order valence-corrected chi connectivity index (χ3v) is 9.57. The van der Waals surface area contributed by atoms with Crippen LogP contribution in [-0.4, -0.2) is 73.1 Å². The van der Waals surface area contributed by atoms with E-state index in [0.717, 1.165) is 33.4 Å². The molecule has 54 heavy (non-hydrogen) atoms. The van der Waals surface area contributed by atoms with Crippen LogP contribution in [0.15, 0.2) is 72.8 Å². The van der Waals surface area contributed by atoms with Crippen LogP contribution in [0.2, 0.25) is 0 Å². The first-order valence-electron chi connectivity index (χ1n) is 18.6. The molecule has 0 saturated carbocycles. The van der Waals surface area contributed by atoms with Crippen LogP contribution >= 0.6 is 0 Å². The molecular formula is C43H56N4O7. The van der Waals surface area contributed by atoms with Crippen molar-refractivity contribution in [3.8, 4) is 11.1 Å². The largest absolute Gasteiger partial charge is 0.449 e. The van der Waals surface area contributed by atoms with Crippen molar-refractivity contribution in [2.45, 2.75) is 104 Å². The zero-order valence-electron chi connectivity index (χ0n) is 32.9. The maximum Gasteiger partial charge on any atom is 0.407 e. The van der Waals surface area contributed by atoms with Crippen molar-refractivity contribution in [2.75, 3.05) is 13.2 Å². The number of carbonyl (C=O) groups excluding carboxylic acids is 5. The van der Waals surface area contributed by atoms with E-state index in [-0.39, 0.29) is 25.6 Å². The summed E-state index contributed by atoms with van der Waals surface area (Å²) < 4.78 is 11.7.